The van der Waals surface area contributed by atoms with Crippen molar-refractivity contribution in [2.45, 2.75) is 0 Å². The number of halogens is 1. The van der Waals surface area contributed by atoms with E-state index in [1.807, 2.05) is 0 Å². The molecule has 1 heterocycles. The Morgan fingerprint density at radius 1 is 1.22 bits per heavy atom. The van der Waals surface area contributed by atoms with Gasteiger partial charge in [0, 0.05) is 11.3 Å². The molecule has 2 aromatic carbocycles. The molecule has 0 atom stereocenters. The van der Waals surface area contributed by atoms with E-state index in [1.165, 1.54) is 19.2 Å². The molecule has 0 spiro atoms. The van der Waals surface area contributed by atoms with Crippen molar-refractivity contribution in [1.29, 1.82) is 0 Å². The van der Waals surface area contributed by atoms with Gasteiger partial charge in [-0.3, -0.25) is 0 Å². The van der Waals surface area contributed by atoms with Gasteiger partial charge < -0.3 is 14.5 Å². The first-order valence-corrected chi connectivity index (χ1v) is 6.83. The Kier molecular flexibility index (Phi) is 4.05. The number of carbonyl (C=O) groups excluding carboxylic acids is 1. The Morgan fingerprint density at radius 2 is 2.00 bits per heavy atom. The molecule has 0 aliphatic rings. The van der Waals surface area contributed by atoms with Crippen LogP contribution in [0.15, 0.2) is 59.1 Å². The van der Waals surface area contributed by atoms with Gasteiger partial charge in [0.1, 0.15) is 5.82 Å². The maximum absolute atomic E-state index is 13.1. The van der Waals surface area contributed by atoms with Crippen molar-refractivity contribution < 1.29 is 18.3 Å². The second-order valence-corrected chi connectivity index (χ2v) is 4.73. The Hall–Kier alpha value is -3.15. The number of oxazole rings is 1. The molecular weight excluding hydrogens is 299 g/mol. The maximum Gasteiger partial charge on any atom is 0.337 e. The molecule has 3 rings (SSSR count). The van der Waals surface area contributed by atoms with Crippen molar-refractivity contribution in [2.75, 3.05) is 12.4 Å². The minimum Gasteiger partial charge on any atom is -0.465 e. The molecule has 3 aromatic rings. The predicted octanol–water partition coefficient (Wildman–Crippen LogP) is 4.01. The van der Waals surface area contributed by atoms with E-state index in [4.69, 9.17) is 4.42 Å². The third-order valence-electron chi connectivity index (χ3n) is 3.17. The smallest absolute Gasteiger partial charge is 0.337 e. The van der Waals surface area contributed by atoms with Gasteiger partial charge in [-0.1, -0.05) is 18.2 Å². The Morgan fingerprint density at radius 3 is 2.70 bits per heavy atom. The number of hydrogen-bond donors (Lipinski definition) is 1. The van der Waals surface area contributed by atoms with Crippen LogP contribution in [-0.2, 0) is 4.74 Å². The highest BCUT2D eigenvalue weighted by Crippen LogP contribution is 2.25. The highest BCUT2D eigenvalue weighted by atomic mass is 19.1. The van der Waals surface area contributed by atoms with Gasteiger partial charge in [0.05, 0.1) is 18.9 Å². The van der Waals surface area contributed by atoms with Crippen LogP contribution in [0, 0.1) is 5.82 Å². The Balaban J connectivity index is 1.77. The molecule has 0 amide bonds. The van der Waals surface area contributed by atoms with E-state index in [0.29, 0.717) is 17.0 Å². The summed E-state index contributed by atoms with van der Waals surface area (Å²) in [5, 5.41) is 2.88. The summed E-state index contributed by atoms with van der Waals surface area (Å²) < 4.78 is 23.4. The molecule has 0 fully saturated rings. The fourth-order valence-electron chi connectivity index (χ4n) is 2.04. The van der Waals surface area contributed by atoms with Crippen LogP contribution in [0.2, 0.25) is 0 Å². The number of rotatable bonds is 4. The Bertz CT molecular complexity index is 828. The van der Waals surface area contributed by atoms with Crippen LogP contribution >= 0.6 is 0 Å². The third-order valence-corrected chi connectivity index (χ3v) is 3.17. The molecule has 0 radical (unpaired) electrons. The SMILES string of the molecule is COC(=O)c1ccc(-c2cnc(Nc3cccc(F)c3)o2)cc1. The zero-order chi connectivity index (χ0) is 16.2. The van der Waals surface area contributed by atoms with Crippen molar-refractivity contribution in [3.63, 3.8) is 0 Å². The van der Waals surface area contributed by atoms with Crippen LogP contribution < -0.4 is 5.32 Å². The molecule has 1 aromatic heterocycles. The lowest BCUT2D eigenvalue weighted by Crippen LogP contribution is -2.00. The number of nitrogens with zero attached hydrogens (tertiary/aromatic N) is 1. The number of esters is 1. The summed E-state index contributed by atoms with van der Waals surface area (Å²) in [6, 6.07) is 13.0. The van der Waals surface area contributed by atoms with Gasteiger partial charge in [-0.05, 0) is 30.3 Å². The number of nitrogens with one attached hydrogen (secondary N) is 1. The molecule has 5 nitrogen and oxygen atoms in total. The molecule has 0 aliphatic carbocycles. The summed E-state index contributed by atoms with van der Waals surface area (Å²) in [7, 11) is 1.33. The zero-order valence-corrected chi connectivity index (χ0v) is 12.2. The summed E-state index contributed by atoms with van der Waals surface area (Å²) in [5.74, 6) is -0.219. The molecule has 116 valence electrons. The van der Waals surface area contributed by atoms with Crippen LogP contribution in [0.4, 0.5) is 16.1 Å². The van der Waals surface area contributed by atoms with Crippen LogP contribution in [0.1, 0.15) is 10.4 Å². The van der Waals surface area contributed by atoms with Crippen molar-refractivity contribution >= 4 is 17.7 Å². The molecule has 0 saturated carbocycles. The topological polar surface area (TPSA) is 64.4 Å². The van der Waals surface area contributed by atoms with Gasteiger partial charge >= 0.3 is 5.97 Å². The average molecular weight is 312 g/mol. The van der Waals surface area contributed by atoms with Crippen molar-refractivity contribution in [2.24, 2.45) is 0 Å². The fraction of sp³-hybridized carbons (Fsp3) is 0.0588. The number of aromatic nitrogens is 1. The van der Waals surface area contributed by atoms with Gasteiger partial charge in [-0.15, -0.1) is 0 Å². The molecule has 0 saturated heterocycles. The minimum absolute atomic E-state index is 0.252. The predicted molar refractivity (Wildman–Crippen MR) is 83.0 cm³/mol. The highest BCUT2D eigenvalue weighted by Gasteiger charge is 2.09. The standard InChI is InChI=1S/C17H13FN2O3/c1-22-16(21)12-7-5-11(6-8-12)15-10-19-17(23-15)20-14-4-2-3-13(18)9-14/h2-10H,1H3,(H,19,20). The largest absolute Gasteiger partial charge is 0.465 e. The van der Waals surface area contributed by atoms with Crippen LogP contribution in [0.3, 0.4) is 0 Å². The Labute approximate surface area is 131 Å². The first-order valence-electron chi connectivity index (χ1n) is 6.83. The van der Waals surface area contributed by atoms with Crippen molar-refractivity contribution in [1.82, 2.24) is 4.98 Å². The third kappa shape index (κ3) is 3.37. The monoisotopic (exact) mass is 312 g/mol. The highest BCUT2D eigenvalue weighted by molar-refractivity contribution is 5.89. The quantitative estimate of drug-likeness (QED) is 0.737. The van der Waals surface area contributed by atoms with E-state index in [1.54, 1.807) is 42.6 Å². The summed E-state index contributed by atoms with van der Waals surface area (Å²) in [6.07, 6.45) is 1.55. The van der Waals surface area contributed by atoms with E-state index in [9.17, 15) is 9.18 Å². The van der Waals surface area contributed by atoms with Gasteiger partial charge in [-0.2, -0.15) is 0 Å². The van der Waals surface area contributed by atoms with E-state index in [2.05, 4.69) is 15.0 Å². The summed E-state index contributed by atoms with van der Waals surface area (Å²) in [4.78, 5) is 15.5. The lowest BCUT2D eigenvalue weighted by atomic mass is 10.1. The van der Waals surface area contributed by atoms with E-state index in [0.717, 1.165) is 5.56 Å². The molecule has 0 bridgehead atoms. The molecule has 23 heavy (non-hydrogen) atoms. The summed E-state index contributed by atoms with van der Waals surface area (Å²) >= 11 is 0. The number of methoxy groups -OCH3 is 1. The number of benzene rings is 2. The molecule has 0 unspecified atom stereocenters. The minimum atomic E-state index is -0.400. The van der Waals surface area contributed by atoms with Crippen LogP contribution in [0.25, 0.3) is 11.3 Å². The van der Waals surface area contributed by atoms with E-state index >= 15 is 0 Å². The zero-order valence-electron chi connectivity index (χ0n) is 12.2. The first kappa shape index (κ1) is 14.8. The second kappa shape index (κ2) is 6.31. The fourth-order valence-corrected chi connectivity index (χ4v) is 2.04. The van der Waals surface area contributed by atoms with Crippen LogP contribution in [-0.4, -0.2) is 18.1 Å². The number of ether oxygens (including phenoxy) is 1. The average Bonchev–Trinajstić information content (AvgIpc) is 3.03. The number of carbonyl (C=O) groups is 1. The number of hydrogen-bond acceptors (Lipinski definition) is 5. The lowest BCUT2D eigenvalue weighted by molar-refractivity contribution is 0.0600. The normalized spacial score (nSPS) is 10.3. The van der Waals surface area contributed by atoms with E-state index in [-0.39, 0.29) is 11.8 Å². The maximum atomic E-state index is 13.1. The summed E-state index contributed by atoms with van der Waals surface area (Å²) in [6.45, 7) is 0. The van der Waals surface area contributed by atoms with Crippen molar-refractivity contribution in [3.8, 4) is 11.3 Å². The second-order valence-electron chi connectivity index (χ2n) is 4.73. The van der Waals surface area contributed by atoms with Gasteiger partial charge in [0.25, 0.3) is 6.01 Å². The van der Waals surface area contributed by atoms with E-state index < -0.39 is 5.97 Å². The van der Waals surface area contributed by atoms with Gasteiger partial charge in [0.15, 0.2) is 5.76 Å². The molecule has 0 aliphatic heterocycles. The van der Waals surface area contributed by atoms with Gasteiger partial charge in [0.2, 0.25) is 0 Å². The molecular formula is C17H13FN2O3. The van der Waals surface area contributed by atoms with Gasteiger partial charge in [-0.25, -0.2) is 14.2 Å². The first-order chi connectivity index (χ1) is 11.2. The van der Waals surface area contributed by atoms with Crippen molar-refractivity contribution in [3.05, 3.63) is 66.1 Å². The lowest BCUT2D eigenvalue weighted by Gasteiger charge is -2.02. The molecule has 1 N–H and O–H groups in total. The van der Waals surface area contributed by atoms with Crippen LogP contribution in [0.5, 0.6) is 0 Å². The molecule has 6 heteroatoms. The number of anilines is 2. The summed E-state index contributed by atoms with van der Waals surface area (Å²) in [5.41, 5.74) is 1.76.